The van der Waals surface area contributed by atoms with Gasteiger partial charge in [0.25, 0.3) is 0 Å². The number of carbonyl (C=O) groups is 1. The first-order valence-corrected chi connectivity index (χ1v) is 6.46. The number of nitrogens with two attached hydrogens (primary N) is 1. The van der Waals surface area contributed by atoms with Crippen molar-refractivity contribution in [3.05, 3.63) is 24.0 Å². The molecule has 1 aromatic rings. The van der Waals surface area contributed by atoms with Crippen molar-refractivity contribution in [2.45, 2.75) is 25.4 Å². The average Bonchev–Trinajstić information content (AvgIpc) is 2.86. The van der Waals surface area contributed by atoms with E-state index >= 15 is 0 Å². The number of amides is 1. The van der Waals surface area contributed by atoms with Gasteiger partial charge in [-0.25, -0.2) is 4.98 Å². The predicted octanol–water partition coefficient (Wildman–Crippen LogP) is 2.41. The van der Waals surface area contributed by atoms with E-state index in [4.69, 9.17) is 5.73 Å². The fraction of sp³-hybridized carbons (Fsp3) is 0.538. The summed E-state index contributed by atoms with van der Waals surface area (Å²) < 4.78 is 37.1. The Labute approximate surface area is 114 Å². The lowest BCUT2D eigenvalue weighted by molar-refractivity contribution is -0.141. The van der Waals surface area contributed by atoms with Crippen LogP contribution in [0.5, 0.6) is 0 Å². The highest BCUT2D eigenvalue weighted by Gasteiger charge is 2.33. The maximum Gasteiger partial charge on any atom is 0.433 e. The van der Waals surface area contributed by atoms with Gasteiger partial charge in [-0.3, -0.25) is 4.79 Å². The van der Waals surface area contributed by atoms with Crippen molar-refractivity contribution in [3.63, 3.8) is 0 Å². The Hall–Kier alpha value is -1.63. The zero-order valence-corrected chi connectivity index (χ0v) is 10.8. The molecular weight excluding hydrogens is 271 g/mol. The van der Waals surface area contributed by atoms with Gasteiger partial charge >= 0.3 is 6.18 Å². The SMILES string of the molecule is NCC1CCCC1C(=O)Nc1ccc(C(F)(F)F)nc1. The fourth-order valence-corrected chi connectivity index (χ4v) is 2.53. The number of alkyl halides is 3. The number of aromatic nitrogens is 1. The van der Waals surface area contributed by atoms with Crippen LogP contribution >= 0.6 is 0 Å². The number of halogens is 3. The number of hydrogen-bond acceptors (Lipinski definition) is 3. The largest absolute Gasteiger partial charge is 0.433 e. The Bertz CT molecular complexity index is 473. The minimum absolute atomic E-state index is 0.150. The van der Waals surface area contributed by atoms with E-state index in [0.717, 1.165) is 31.5 Å². The second-order valence-electron chi connectivity index (χ2n) is 4.95. The third-order valence-corrected chi connectivity index (χ3v) is 3.62. The molecule has 0 bridgehead atoms. The van der Waals surface area contributed by atoms with Crippen LogP contribution in [0.4, 0.5) is 18.9 Å². The Kier molecular flexibility index (Phi) is 4.27. The number of anilines is 1. The maximum absolute atomic E-state index is 12.4. The summed E-state index contributed by atoms with van der Waals surface area (Å²) >= 11 is 0. The van der Waals surface area contributed by atoms with Crippen LogP contribution < -0.4 is 11.1 Å². The Balaban J connectivity index is 2.01. The molecule has 1 amide bonds. The third-order valence-electron chi connectivity index (χ3n) is 3.62. The lowest BCUT2D eigenvalue weighted by Crippen LogP contribution is -2.29. The lowest BCUT2D eigenvalue weighted by Gasteiger charge is -2.17. The molecule has 0 aromatic carbocycles. The minimum Gasteiger partial charge on any atom is -0.330 e. The second-order valence-corrected chi connectivity index (χ2v) is 4.95. The first kappa shape index (κ1) is 14.8. The standard InChI is InChI=1S/C13H16F3N3O/c14-13(15,16)11-5-4-9(7-18-11)19-12(20)10-3-1-2-8(10)6-17/h4-5,7-8,10H,1-3,6,17H2,(H,19,20). The van der Waals surface area contributed by atoms with Gasteiger partial charge in [-0.2, -0.15) is 13.2 Å². The van der Waals surface area contributed by atoms with Gasteiger partial charge in [0.1, 0.15) is 5.69 Å². The Morgan fingerprint density at radius 3 is 2.70 bits per heavy atom. The average molecular weight is 287 g/mol. The molecule has 1 aliphatic rings. The molecule has 0 aliphatic heterocycles. The summed E-state index contributed by atoms with van der Waals surface area (Å²) in [5, 5.41) is 2.60. The van der Waals surface area contributed by atoms with Gasteiger partial charge in [0, 0.05) is 5.92 Å². The highest BCUT2D eigenvalue weighted by atomic mass is 19.4. The molecule has 1 fully saturated rings. The van der Waals surface area contributed by atoms with Crippen LogP contribution in [-0.4, -0.2) is 17.4 Å². The van der Waals surface area contributed by atoms with Crippen molar-refractivity contribution in [2.75, 3.05) is 11.9 Å². The van der Waals surface area contributed by atoms with E-state index in [9.17, 15) is 18.0 Å². The zero-order chi connectivity index (χ0) is 14.8. The van der Waals surface area contributed by atoms with Gasteiger partial charge < -0.3 is 11.1 Å². The zero-order valence-electron chi connectivity index (χ0n) is 10.8. The van der Waals surface area contributed by atoms with Gasteiger partial charge in [-0.15, -0.1) is 0 Å². The number of nitrogens with zero attached hydrogens (tertiary/aromatic N) is 1. The molecule has 3 N–H and O–H groups in total. The molecule has 110 valence electrons. The van der Waals surface area contributed by atoms with E-state index in [2.05, 4.69) is 10.3 Å². The summed E-state index contributed by atoms with van der Waals surface area (Å²) in [4.78, 5) is 15.4. The van der Waals surface area contributed by atoms with E-state index in [0.29, 0.717) is 6.54 Å². The number of hydrogen-bond donors (Lipinski definition) is 2. The minimum atomic E-state index is -4.47. The third kappa shape index (κ3) is 3.27. The molecule has 2 atom stereocenters. The van der Waals surface area contributed by atoms with Crippen molar-refractivity contribution in [3.8, 4) is 0 Å². The fourth-order valence-electron chi connectivity index (χ4n) is 2.53. The number of rotatable bonds is 3. The van der Waals surface area contributed by atoms with E-state index in [1.807, 2.05) is 0 Å². The molecule has 1 aliphatic carbocycles. The van der Waals surface area contributed by atoms with Crippen LogP contribution in [-0.2, 0) is 11.0 Å². The molecule has 4 nitrogen and oxygen atoms in total. The Morgan fingerprint density at radius 1 is 1.40 bits per heavy atom. The molecular formula is C13H16F3N3O. The smallest absolute Gasteiger partial charge is 0.330 e. The highest BCUT2D eigenvalue weighted by molar-refractivity contribution is 5.92. The number of carbonyl (C=O) groups excluding carboxylic acids is 1. The monoisotopic (exact) mass is 287 g/mol. The molecule has 1 aromatic heterocycles. The van der Waals surface area contributed by atoms with Crippen molar-refractivity contribution < 1.29 is 18.0 Å². The van der Waals surface area contributed by atoms with Gasteiger partial charge in [0.2, 0.25) is 5.91 Å². The molecule has 2 unspecified atom stereocenters. The van der Waals surface area contributed by atoms with Crippen LogP contribution in [0.2, 0.25) is 0 Å². The quantitative estimate of drug-likeness (QED) is 0.897. The molecule has 2 rings (SSSR count). The van der Waals surface area contributed by atoms with Crippen molar-refractivity contribution in [1.29, 1.82) is 0 Å². The van der Waals surface area contributed by atoms with Crippen LogP contribution in [0.15, 0.2) is 18.3 Å². The summed E-state index contributed by atoms with van der Waals surface area (Å²) in [7, 11) is 0. The van der Waals surface area contributed by atoms with Crippen LogP contribution in [0.3, 0.4) is 0 Å². The predicted molar refractivity (Wildman–Crippen MR) is 67.8 cm³/mol. The summed E-state index contributed by atoms with van der Waals surface area (Å²) in [5.41, 5.74) is 4.90. The van der Waals surface area contributed by atoms with Gasteiger partial charge in [-0.05, 0) is 37.4 Å². The molecule has 7 heteroatoms. The summed E-state index contributed by atoms with van der Waals surface area (Å²) in [5.74, 6) is -0.209. The molecule has 0 radical (unpaired) electrons. The number of nitrogens with one attached hydrogen (secondary N) is 1. The Morgan fingerprint density at radius 2 is 2.15 bits per heavy atom. The maximum atomic E-state index is 12.4. The van der Waals surface area contributed by atoms with E-state index in [1.54, 1.807) is 0 Å². The molecule has 0 spiro atoms. The lowest BCUT2D eigenvalue weighted by atomic mass is 9.95. The van der Waals surface area contributed by atoms with Crippen LogP contribution in [0.25, 0.3) is 0 Å². The molecule has 1 saturated carbocycles. The van der Waals surface area contributed by atoms with E-state index in [1.165, 1.54) is 6.07 Å². The summed E-state index contributed by atoms with van der Waals surface area (Å²) in [6.07, 6.45) is -0.821. The first-order valence-electron chi connectivity index (χ1n) is 6.46. The molecule has 0 saturated heterocycles. The molecule has 20 heavy (non-hydrogen) atoms. The van der Waals surface area contributed by atoms with Crippen molar-refractivity contribution in [1.82, 2.24) is 4.98 Å². The number of pyridine rings is 1. The first-order chi connectivity index (χ1) is 9.41. The molecule has 1 heterocycles. The van der Waals surface area contributed by atoms with E-state index < -0.39 is 11.9 Å². The van der Waals surface area contributed by atoms with Crippen LogP contribution in [0, 0.1) is 11.8 Å². The second kappa shape index (κ2) is 5.78. The van der Waals surface area contributed by atoms with Crippen LogP contribution in [0.1, 0.15) is 25.0 Å². The topological polar surface area (TPSA) is 68.0 Å². The summed E-state index contributed by atoms with van der Waals surface area (Å²) in [6.45, 7) is 0.448. The van der Waals surface area contributed by atoms with Crippen molar-refractivity contribution >= 4 is 11.6 Å². The van der Waals surface area contributed by atoms with E-state index in [-0.39, 0.29) is 23.4 Å². The van der Waals surface area contributed by atoms with Gasteiger partial charge in [-0.1, -0.05) is 6.42 Å². The van der Waals surface area contributed by atoms with Crippen molar-refractivity contribution in [2.24, 2.45) is 17.6 Å². The highest BCUT2D eigenvalue weighted by Crippen LogP contribution is 2.32. The van der Waals surface area contributed by atoms with Gasteiger partial charge in [0.05, 0.1) is 11.9 Å². The normalized spacial score (nSPS) is 22.8. The van der Waals surface area contributed by atoms with Gasteiger partial charge in [0.15, 0.2) is 0 Å². The summed E-state index contributed by atoms with van der Waals surface area (Å²) in [6, 6.07) is 2.06.